The van der Waals surface area contributed by atoms with Crippen molar-refractivity contribution in [3.8, 4) is 0 Å². The van der Waals surface area contributed by atoms with Gasteiger partial charge in [0.1, 0.15) is 0 Å². The van der Waals surface area contributed by atoms with E-state index in [4.69, 9.17) is 0 Å². The van der Waals surface area contributed by atoms with Crippen molar-refractivity contribution < 1.29 is 9.59 Å². The average Bonchev–Trinajstić information content (AvgIpc) is 2.92. The fraction of sp³-hybridized carbons (Fsp3) is 0.300. The van der Waals surface area contributed by atoms with E-state index in [0.29, 0.717) is 0 Å². The van der Waals surface area contributed by atoms with Crippen molar-refractivity contribution in [2.45, 2.75) is 38.3 Å². The lowest BCUT2D eigenvalue weighted by molar-refractivity contribution is -0.124. The number of fused-ring (bicyclic) bond motifs is 1. The van der Waals surface area contributed by atoms with Gasteiger partial charge in [-0.15, -0.1) is 0 Å². The molecule has 0 saturated heterocycles. The van der Waals surface area contributed by atoms with Gasteiger partial charge in [-0.2, -0.15) is 0 Å². The average molecular weight is 322 g/mol. The van der Waals surface area contributed by atoms with Crippen LogP contribution in [0.5, 0.6) is 0 Å². The minimum atomic E-state index is -0.229. The molecule has 0 aromatic heterocycles. The largest absolute Gasteiger partial charge is 0.350 e. The second kappa shape index (κ2) is 6.87. The predicted molar refractivity (Wildman–Crippen MR) is 93.5 cm³/mol. The summed E-state index contributed by atoms with van der Waals surface area (Å²) in [4.78, 5) is 24.2. The molecule has 3 rings (SSSR count). The molecule has 3 atom stereocenters. The Morgan fingerprint density at radius 2 is 1.67 bits per heavy atom. The zero-order valence-electron chi connectivity index (χ0n) is 14.0. The van der Waals surface area contributed by atoms with Gasteiger partial charge in [0, 0.05) is 6.92 Å². The Morgan fingerprint density at radius 1 is 1.00 bits per heavy atom. The number of carbonyl (C=O) groups is 2. The molecule has 2 aromatic carbocycles. The van der Waals surface area contributed by atoms with Crippen molar-refractivity contribution >= 4 is 11.8 Å². The third-order valence-corrected chi connectivity index (χ3v) is 4.61. The first-order chi connectivity index (χ1) is 11.6. The van der Waals surface area contributed by atoms with Gasteiger partial charge in [-0.25, -0.2) is 0 Å². The maximum absolute atomic E-state index is 12.7. The number of nitrogens with one attached hydrogen (secondary N) is 2. The molecule has 0 aliphatic heterocycles. The highest BCUT2D eigenvalue weighted by Gasteiger charge is 2.34. The first-order valence-electron chi connectivity index (χ1n) is 8.26. The molecule has 0 radical (unpaired) electrons. The smallest absolute Gasteiger partial charge is 0.227 e. The summed E-state index contributed by atoms with van der Waals surface area (Å²) in [5.74, 6) is -0.339. The van der Waals surface area contributed by atoms with Gasteiger partial charge in [0.25, 0.3) is 0 Å². The molecule has 0 bridgehead atoms. The van der Waals surface area contributed by atoms with Crippen LogP contribution in [0, 0.1) is 0 Å². The molecule has 2 aromatic rings. The molecule has 1 aliphatic rings. The van der Waals surface area contributed by atoms with Crippen LogP contribution >= 0.6 is 0 Å². The minimum Gasteiger partial charge on any atom is -0.350 e. The summed E-state index contributed by atoms with van der Waals surface area (Å²) in [7, 11) is 0. The SMILES string of the molecule is CC(=O)N[C@H]1c2ccccc2C[C@@H]1NC(=O)C(C)c1ccccc1. The van der Waals surface area contributed by atoms with E-state index < -0.39 is 0 Å². The van der Waals surface area contributed by atoms with E-state index >= 15 is 0 Å². The lowest BCUT2D eigenvalue weighted by Crippen LogP contribution is -2.45. The summed E-state index contributed by atoms with van der Waals surface area (Å²) in [6.45, 7) is 3.41. The molecule has 1 aliphatic carbocycles. The van der Waals surface area contributed by atoms with Crippen LogP contribution in [0.3, 0.4) is 0 Å². The monoisotopic (exact) mass is 322 g/mol. The quantitative estimate of drug-likeness (QED) is 0.909. The van der Waals surface area contributed by atoms with Gasteiger partial charge in [-0.05, 0) is 30.0 Å². The van der Waals surface area contributed by atoms with E-state index in [9.17, 15) is 9.59 Å². The molecule has 124 valence electrons. The van der Waals surface area contributed by atoms with Crippen LogP contribution in [0.25, 0.3) is 0 Å². The van der Waals surface area contributed by atoms with E-state index in [0.717, 1.165) is 17.5 Å². The molecule has 2 N–H and O–H groups in total. The molecule has 0 spiro atoms. The molecule has 0 heterocycles. The molecule has 24 heavy (non-hydrogen) atoms. The highest BCUT2D eigenvalue weighted by atomic mass is 16.2. The maximum Gasteiger partial charge on any atom is 0.227 e. The molecule has 0 saturated carbocycles. The zero-order chi connectivity index (χ0) is 17.1. The number of rotatable bonds is 4. The predicted octanol–water partition coefficient (Wildman–Crippen LogP) is 2.71. The Labute approximate surface area is 142 Å². The molecular weight excluding hydrogens is 300 g/mol. The number of amides is 2. The molecule has 1 unspecified atom stereocenters. The zero-order valence-corrected chi connectivity index (χ0v) is 14.0. The van der Waals surface area contributed by atoms with Crippen LogP contribution in [0.1, 0.15) is 42.5 Å². The van der Waals surface area contributed by atoms with Crippen LogP contribution < -0.4 is 10.6 Å². The summed E-state index contributed by atoms with van der Waals surface area (Å²) in [5.41, 5.74) is 3.25. The number of hydrogen-bond acceptors (Lipinski definition) is 2. The molecule has 4 heteroatoms. The summed E-state index contributed by atoms with van der Waals surface area (Å²) in [5, 5.41) is 6.10. The Balaban J connectivity index is 1.76. The van der Waals surface area contributed by atoms with E-state index in [1.165, 1.54) is 12.5 Å². The third kappa shape index (κ3) is 3.32. The van der Waals surface area contributed by atoms with Crippen molar-refractivity contribution in [1.82, 2.24) is 10.6 Å². The molecular formula is C20H22N2O2. The summed E-state index contributed by atoms with van der Waals surface area (Å²) in [6.07, 6.45) is 0.731. The lowest BCUT2D eigenvalue weighted by Gasteiger charge is -2.24. The highest BCUT2D eigenvalue weighted by Crippen LogP contribution is 2.31. The topological polar surface area (TPSA) is 58.2 Å². The van der Waals surface area contributed by atoms with E-state index in [1.807, 2.05) is 55.5 Å². The minimum absolute atomic E-state index is 0.0191. The Morgan fingerprint density at radius 3 is 2.38 bits per heavy atom. The maximum atomic E-state index is 12.7. The van der Waals surface area contributed by atoms with Crippen molar-refractivity contribution in [1.29, 1.82) is 0 Å². The van der Waals surface area contributed by atoms with Crippen molar-refractivity contribution in [2.24, 2.45) is 0 Å². The molecule has 4 nitrogen and oxygen atoms in total. The van der Waals surface area contributed by atoms with Crippen molar-refractivity contribution in [3.63, 3.8) is 0 Å². The first-order valence-corrected chi connectivity index (χ1v) is 8.26. The Hall–Kier alpha value is -2.62. The van der Waals surface area contributed by atoms with Crippen LogP contribution in [-0.2, 0) is 16.0 Å². The van der Waals surface area contributed by atoms with E-state index in [1.54, 1.807) is 0 Å². The van der Waals surface area contributed by atoms with Crippen molar-refractivity contribution in [3.05, 3.63) is 71.3 Å². The number of hydrogen-bond donors (Lipinski definition) is 2. The van der Waals surface area contributed by atoms with Gasteiger partial charge in [0.05, 0.1) is 18.0 Å². The Kier molecular flexibility index (Phi) is 4.65. The fourth-order valence-electron chi connectivity index (χ4n) is 3.33. The van der Waals surface area contributed by atoms with Gasteiger partial charge in [-0.1, -0.05) is 54.6 Å². The van der Waals surface area contributed by atoms with Gasteiger partial charge in [0.15, 0.2) is 0 Å². The second-order valence-electron chi connectivity index (χ2n) is 6.33. The summed E-state index contributed by atoms with van der Waals surface area (Å²) >= 11 is 0. The van der Waals surface area contributed by atoms with Gasteiger partial charge in [-0.3, -0.25) is 9.59 Å². The van der Waals surface area contributed by atoms with Gasteiger partial charge in [0.2, 0.25) is 11.8 Å². The van der Waals surface area contributed by atoms with E-state index in [-0.39, 0.29) is 29.8 Å². The molecule has 0 fully saturated rings. The normalized spacial score (nSPS) is 20.1. The standard InChI is InChI=1S/C20H22N2O2/c1-13(15-8-4-3-5-9-15)20(24)22-18-12-16-10-6-7-11-17(16)19(18)21-14(2)23/h3-11,13,18-19H,12H2,1-2H3,(H,21,23)(H,22,24)/t13?,18-,19-/m0/s1. The van der Waals surface area contributed by atoms with Crippen LogP contribution in [0.15, 0.2) is 54.6 Å². The summed E-state index contributed by atoms with van der Waals surface area (Å²) < 4.78 is 0. The fourth-order valence-corrected chi connectivity index (χ4v) is 3.33. The third-order valence-electron chi connectivity index (χ3n) is 4.61. The van der Waals surface area contributed by atoms with Gasteiger partial charge < -0.3 is 10.6 Å². The molecule has 2 amide bonds. The van der Waals surface area contributed by atoms with Crippen LogP contribution in [-0.4, -0.2) is 17.9 Å². The van der Waals surface area contributed by atoms with E-state index in [2.05, 4.69) is 16.7 Å². The summed E-state index contributed by atoms with van der Waals surface area (Å²) in [6, 6.07) is 17.4. The Bertz CT molecular complexity index is 742. The highest BCUT2D eigenvalue weighted by molar-refractivity contribution is 5.84. The van der Waals surface area contributed by atoms with Crippen LogP contribution in [0.2, 0.25) is 0 Å². The number of carbonyl (C=O) groups excluding carboxylic acids is 2. The van der Waals surface area contributed by atoms with Crippen LogP contribution in [0.4, 0.5) is 0 Å². The van der Waals surface area contributed by atoms with Gasteiger partial charge >= 0.3 is 0 Å². The second-order valence-corrected chi connectivity index (χ2v) is 6.33. The van der Waals surface area contributed by atoms with Crippen molar-refractivity contribution in [2.75, 3.05) is 0 Å². The number of benzene rings is 2. The lowest BCUT2D eigenvalue weighted by atomic mass is 9.99. The first kappa shape index (κ1) is 16.2.